The SMILES string of the molecule is CC(C)c1nc(-c2cc(F)ccc2C(C)C)ns1. The molecule has 0 radical (unpaired) electrons. The van der Waals surface area contributed by atoms with E-state index in [2.05, 4.69) is 37.1 Å². The molecule has 2 nitrogen and oxygen atoms in total. The Bertz CT molecular complexity index is 546. The average Bonchev–Trinajstić information content (AvgIpc) is 2.77. The molecule has 0 saturated heterocycles. The van der Waals surface area contributed by atoms with Gasteiger partial charge in [0.15, 0.2) is 5.82 Å². The largest absolute Gasteiger partial charge is 0.219 e. The average molecular weight is 264 g/mol. The molecule has 0 bridgehead atoms. The van der Waals surface area contributed by atoms with Crippen LogP contribution in [0.5, 0.6) is 0 Å². The summed E-state index contributed by atoms with van der Waals surface area (Å²) in [6.07, 6.45) is 0. The fourth-order valence-corrected chi connectivity index (χ4v) is 2.46. The van der Waals surface area contributed by atoms with Gasteiger partial charge in [-0.15, -0.1) is 0 Å². The lowest BCUT2D eigenvalue weighted by atomic mass is 9.97. The van der Waals surface area contributed by atoms with E-state index in [0.717, 1.165) is 16.1 Å². The van der Waals surface area contributed by atoms with Crippen molar-refractivity contribution in [3.63, 3.8) is 0 Å². The van der Waals surface area contributed by atoms with Crippen LogP contribution in [0.1, 0.15) is 50.1 Å². The van der Waals surface area contributed by atoms with Crippen LogP contribution in [0.15, 0.2) is 18.2 Å². The van der Waals surface area contributed by atoms with Gasteiger partial charge in [-0.25, -0.2) is 9.37 Å². The molecular formula is C14H17FN2S. The molecule has 0 amide bonds. The molecule has 0 fully saturated rings. The van der Waals surface area contributed by atoms with E-state index >= 15 is 0 Å². The topological polar surface area (TPSA) is 25.8 Å². The van der Waals surface area contributed by atoms with Gasteiger partial charge in [0, 0.05) is 11.5 Å². The highest BCUT2D eigenvalue weighted by atomic mass is 32.1. The van der Waals surface area contributed by atoms with Crippen LogP contribution in [0, 0.1) is 5.82 Å². The number of halogens is 1. The Kier molecular flexibility index (Phi) is 3.76. The zero-order valence-electron chi connectivity index (χ0n) is 11.1. The predicted octanol–water partition coefficient (Wildman–Crippen LogP) is 4.59. The summed E-state index contributed by atoms with van der Waals surface area (Å²) < 4.78 is 17.8. The van der Waals surface area contributed by atoms with Gasteiger partial charge in [0.2, 0.25) is 0 Å². The van der Waals surface area contributed by atoms with E-state index in [1.165, 1.54) is 23.7 Å². The Hall–Kier alpha value is -1.29. The number of hydrogen-bond donors (Lipinski definition) is 0. The monoisotopic (exact) mass is 264 g/mol. The molecule has 0 aliphatic carbocycles. The van der Waals surface area contributed by atoms with Gasteiger partial charge in [0.1, 0.15) is 10.8 Å². The molecule has 0 saturated carbocycles. The first kappa shape index (κ1) is 13.1. The summed E-state index contributed by atoms with van der Waals surface area (Å²) in [7, 11) is 0. The van der Waals surface area contributed by atoms with Crippen molar-refractivity contribution in [3.8, 4) is 11.4 Å². The van der Waals surface area contributed by atoms with E-state index in [1.807, 2.05) is 6.07 Å². The zero-order chi connectivity index (χ0) is 13.3. The zero-order valence-corrected chi connectivity index (χ0v) is 11.9. The molecule has 2 rings (SSSR count). The van der Waals surface area contributed by atoms with Gasteiger partial charge in [-0.1, -0.05) is 33.8 Å². The quantitative estimate of drug-likeness (QED) is 0.810. The molecule has 4 heteroatoms. The maximum atomic E-state index is 13.4. The molecule has 0 unspecified atom stereocenters. The molecule has 96 valence electrons. The molecule has 2 aromatic rings. The third kappa shape index (κ3) is 2.58. The van der Waals surface area contributed by atoms with Crippen molar-refractivity contribution >= 4 is 11.5 Å². The summed E-state index contributed by atoms with van der Waals surface area (Å²) in [5, 5.41) is 0.990. The Morgan fingerprint density at radius 2 is 1.83 bits per heavy atom. The number of hydrogen-bond acceptors (Lipinski definition) is 3. The van der Waals surface area contributed by atoms with Gasteiger partial charge in [-0.3, -0.25) is 0 Å². The second-order valence-electron chi connectivity index (χ2n) is 5.00. The summed E-state index contributed by atoms with van der Waals surface area (Å²) in [5.41, 5.74) is 1.90. The minimum absolute atomic E-state index is 0.240. The minimum atomic E-state index is -0.240. The van der Waals surface area contributed by atoms with Crippen molar-refractivity contribution < 1.29 is 4.39 Å². The molecule has 0 N–H and O–H groups in total. The first-order chi connectivity index (χ1) is 8.49. The maximum Gasteiger partial charge on any atom is 0.173 e. The lowest BCUT2D eigenvalue weighted by Crippen LogP contribution is -1.95. The number of nitrogens with zero attached hydrogens (tertiary/aromatic N) is 2. The van der Waals surface area contributed by atoms with Crippen LogP contribution in [0.3, 0.4) is 0 Å². The first-order valence-corrected chi connectivity index (χ1v) is 6.89. The molecule has 18 heavy (non-hydrogen) atoms. The van der Waals surface area contributed by atoms with E-state index in [-0.39, 0.29) is 5.82 Å². The molecule has 1 aromatic heterocycles. The summed E-state index contributed by atoms with van der Waals surface area (Å²) in [4.78, 5) is 4.50. The van der Waals surface area contributed by atoms with Gasteiger partial charge < -0.3 is 0 Å². The van der Waals surface area contributed by atoms with E-state index < -0.39 is 0 Å². The third-order valence-corrected chi connectivity index (χ3v) is 3.83. The molecule has 0 spiro atoms. The standard InChI is InChI=1S/C14H17FN2S/c1-8(2)11-6-5-10(15)7-12(11)13-16-14(9(3)4)18-17-13/h5-9H,1-4H3. The van der Waals surface area contributed by atoms with Crippen molar-refractivity contribution in [2.75, 3.05) is 0 Å². The highest BCUT2D eigenvalue weighted by Crippen LogP contribution is 2.30. The van der Waals surface area contributed by atoms with Crippen LogP contribution in [0.25, 0.3) is 11.4 Å². The Morgan fingerprint density at radius 3 is 2.39 bits per heavy atom. The van der Waals surface area contributed by atoms with Crippen LogP contribution >= 0.6 is 11.5 Å². The highest BCUT2D eigenvalue weighted by Gasteiger charge is 2.15. The summed E-state index contributed by atoms with van der Waals surface area (Å²) >= 11 is 1.40. The van der Waals surface area contributed by atoms with E-state index in [4.69, 9.17) is 0 Å². The maximum absolute atomic E-state index is 13.4. The summed E-state index contributed by atoms with van der Waals surface area (Å²) in [5.74, 6) is 1.08. The van der Waals surface area contributed by atoms with Crippen molar-refractivity contribution in [1.82, 2.24) is 9.36 Å². The normalized spacial score (nSPS) is 11.5. The Balaban J connectivity index is 2.51. The molecule has 0 atom stereocenters. The van der Waals surface area contributed by atoms with Crippen molar-refractivity contribution in [2.45, 2.75) is 39.5 Å². The molecular weight excluding hydrogens is 247 g/mol. The predicted molar refractivity (Wildman–Crippen MR) is 73.5 cm³/mol. The van der Waals surface area contributed by atoms with E-state index in [9.17, 15) is 4.39 Å². The van der Waals surface area contributed by atoms with Crippen molar-refractivity contribution in [2.24, 2.45) is 0 Å². The minimum Gasteiger partial charge on any atom is -0.219 e. The van der Waals surface area contributed by atoms with E-state index in [1.54, 1.807) is 0 Å². The lowest BCUT2D eigenvalue weighted by Gasteiger charge is -2.10. The summed E-state index contributed by atoms with van der Waals surface area (Å²) in [6.45, 7) is 8.34. The van der Waals surface area contributed by atoms with Crippen molar-refractivity contribution in [1.29, 1.82) is 0 Å². The van der Waals surface area contributed by atoms with Crippen molar-refractivity contribution in [3.05, 3.63) is 34.6 Å². The molecule has 0 aliphatic heterocycles. The Morgan fingerprint density at radius 1 is 1.11 bits per heavy atom. The highest BCUT2D eigenvalue weighted by molar-refractivity contribution is 7.05. The molecule has 1 heterocycles. The fourth-order valence-electron chi connectivity index (χ4n) is 1.80. The third-order valence-electron chi connectivity index (χ3n) is 2.81. The Labute approximate surface area is 111 Å². The van der Waals surface area contributed by atoms with Crippen LogP contribution in [0.2, 0.25) is 0 Å². The lowest BCUT2D eigenvalue weighted by molar-refractivity contribution is 0.626. The van der Waals surface area contributed by atoms with Gasteiger partial charge in [-0.05, 0) is 35.1 Å². The first-order valence-electron chi connectivity index (χ1n) is 6.12. The summed E-state index contributed by atoms with van der Waals surface area (Å²) in [6, 6.07) is 4.85. The number of benzene rings is 1. The van der Waals surface area contributed by atoms with E-state index in [0.29, 0.717) is 17.7 Å². The number of aromatic nitrogens is 2. The van der Waals surface area contributed by atoms with Crippen LogP contribution in [0.4, 0.5) is 4.39 Å². The van der Waals surface area contributed by atoms with Gasteiger partial charge >= 0.3 is 0 Å². The van der Waals surface area contributed by atoms with Gasteiger partial charge in [0.05, 0.1) is 0 Å². The number of rotatable bonds is 3. The van der Waals surface area contributed by atoms with Gasteiger partial charge in [0.25, 0.3) is 0 Å². The molecule has 0 aliphatic rings. The second kappa shape index (κ2) is 5.14. The smallest absolute Gasteiger partial charge is 0.173 e. The van der Waals surface area contributed by atoms with Crippen LogP contribution in [-0.4, -0.2) is 9.36 Å². The second-order valence-corrected chi connectivity index (χ2v) is 5.78. The van der Waals surface area contributed by atoms with Crippen LogP contribution in [-0.2, 0) is 0 Å². The van der Waals surface area contributed by atoms with Crippen LogP contribution < -0.4 is 0 Å². The fraction of sp³-hybridized carbons (Fsp3) is 0.429. The van der Waals surface area contributed by atoms with Gasteiger partial charge in [-0.2, -0.15) is 4.37 Å². The molecule has 1 aromatic carbocycles.